The highest BCUT2D eigenvalue weighted by molar-refractivity contribution is 7.87. The second-order valence-electron chi connectivity index (χ2n) is 5.53. The van der Waals surface area contributed by atoms with Crippen molar-refractivity contribution in [2.24, 2.45) is 11.3 Å². The van der Waals surface area contributed by atoms with E-state index in [0.717, 1.165) is 6.08 Å². The third kappa shape index (κ3) is 1.38. The maximum atomic E-state index is 12.1. The van der Waals surface area contributed by atoms with Gasteiger partial charge in [-0.2, -0.15) is 8.42 Å². The Morgan fingerprint density at radius 1 is 1.63 bits per heavy atom. The summed E-state index contributed by atoms with van der Waals surface area (Å²) in [5, 5.41) is -0.864. The van der Waals surface area contributed by atoms with Crippen LogP contribution in [0.25, 0.3) is 4.85 Å². The van der Waals surface area contributed by atoms with E-state index >= 15 is 0 Å². The van der Waals surface area contributed by atoms with E-state index in [-0.39, 0.29) is 5.92 Å². The SMILES string of the molecule is [C-]#[N+]C1C2CC3(C)C1OS(=O)(=O)C3C2OC(=O)C=C. The molecular weight excluding hydrogens is 270 g/mol. The van der Waals surface area contributed by atoms with Gasteiger partial charge >= 0.3 is 5.97 Å². The summed E-state index contributed by atoms with van der Waals surface area (Å²) in [6.45, 7) is 12.3. The second kappa shape index (κ2) is 3.58. The fourth-order valence-electron chi connectivity index (χ4n) is 3.91. The van der Waals surface area contributed by atoms with Crippen molar-refractivity contribution in [1.82, 2.24) is 0 Å². The fourth-order valence-corrected chi connectivity index (χ4v) is 6.13. The summed E-state index contributed by atoms with van der Waals surface area (Å²) in [6, 6.07) is -0.568. The lowest BCUT2D eigenvalue weighted by Gasteiger charge is -2.30. The molecule has 6 nitrogen and oxygen atoms in total. The van der Waals surface area contributed by atoms with Crippen LogP contribution in [0.15, 0.2) is 12.7 Å². The van der Waals surface area contributed by atoms with Crippen molar-refractivity contribution in [1.29, 1.82) is 0 Å². The van der Waals surface area contributed by atoms with Gasteiger partial charge < -0.3 is 9.58 Å². The average molecular weight is 283 g/mol. The maximum Gasteiger partial charge on any atom is 0.330 e. The van der Waals surface area contributed by atoms with E-state index in [2.05, 4.69) is 11.4 Å². The number of rotatable bonds is 2. The van der Waals surface area contributed by atoms with Gasteiger partial charge in [0.25, 0.3) is 16.2 Å². The first-order valence-electron chi connectivity index (χ1n) is 5.97. The van der Waals surface area contributed by atoms with Gasteiger partial charge in [-0.1, -0.05) is 13.5 Å². The minimum atomic E-state index is -3.79. The monoisotopic (exact) mass is 283 g/mol. The minimum Gasteiger partial charge on any atom is -0.457 e. The Kier molecular flexibility index (Phi) is 2.38. The van der Waals surface area contributed by atoms with E-state index in [4.69, 9.17) is 15.5 Å². The molecule has 1 heterocycles. The summed E-state index contributed by atoms with van der Waals surface area (Å²) < 4.78 is 34.5. The highest BCUT2D eigenvalue weighted by Crippen LogP contribution is 2.63. The number of hydrogen-bond acceptors (Lipinski definition) is 5. The number of carbonyl (C=O) groups is 1. The van der Waals surface area contributed by atoms with Crippen LogP contribution in [0.4, 0.5) is 0 Å². The van der Waals surface area contributed by atoms with Crippen LogP contribution in [-0.4, -0.2) is 37.9 Å². The fraction of sp³-hybridized carbons (Fsp3) is 0.667. The van der Waals surface area contributed by atoms with Crippen molar-refractivity contribution in [2.45, 2.75) is 36.8 Å². The molecule has 1 saturated heterocycles. The third-order valence-corrected chi connectivity index (χ3v) is 6.47. The molecule has 0 aromatic carbocycles. The van der Waals surface area contributed by atoms with Gasteiger partial charge in [0.1, 0.15) is 11.4 Å². The quantitative estimate of drug-likeness (QED) is 0.319. The lowest BCUT2D eigenvalue weighted by atomic mass is 9.80. The van der Waals surface area contributed by atoms with Crippen LogP contribution in [-0.2, 0) is 23.8 Å². The summed E-state index contributed by atoms with van der Waals surface area (Å²) in [6.07, 6.45) is 0.118. The van der Waals surface area contributed by atoms with Gasteiger partial charge in [-0.3, -0.25) is 4.18 Å². The molecule has 0 N–H and O–H groups in total. The number of ether oxygens (including phenoxy) is 1. The molecule has 19 heavy (non-hydrogen) atoms. The van der Waals surface area contributed by atoms with Crippen LogP contribution in [0.2, 0.25) is 0 Å². The molecule has 0 radical (unpaired) electrons. The lowest BCUT2D eigenvalue weighted by molar-refractivity contribution is -0.145. The number of carbonyl (C=O) groups excluding carboxylic acids is 1. The molecule has 0 aromatic heterocycles. The molecule has 3 aliphatic rings. The summed E-state index contributed by atoms with van der Waals surface area (Å²) in [4.78, 5) is 14.9. The van der Waals surface area contributed by atoms with E-state index in [9.17, 15) is 13.2 Å². The van der Waals surface area contributed by atoms with E-state index in [1.165, 1.54) is 0 Å². The number of fused-ring (bicyclic) bond motifs is 1. The Hall–Kier alpha value is -1.39. The molecule has 0 aromatic rings. The first kappa shape index (κ1) is 12.6. The van der Waals surface area contributed by atoms with Gasteiger partial charge in [-0.05, 0) is 6.42 Å². The molecule has 102 valence electrons. The molecule has 0 amide bonds. The van der Waals surface area contributed by atoms with Crippen molar-refractivity contribution in [3.63, 3.8) is 0 Å². The van der Waals surface area contributed by atoms with Crippen LogP contribution in [0.3, 0.4) is 0 Å². The Bertz CT molecular complexity index is 606. The summed E-state index contributed by atoms with van der Waals surface area (Å²) >= 11 is 0. The van der Waals surface area contributed by atoms with Crippen LogP contribution < -0.4 is 0 Å². The predicted octanol–water partition coefficient (Wildman–Crippen LogP) is 0.509. The molecule has 2 bridgehead atoms. The highest BCUT2D eigenvalue weighted by Gasteiger charge is 2.79. The Balaban J connectivity index is 2.06. The smallest absolute Gasteiger partial charge is 0.330 e. The Morgan fingerprint density at radius 2 is 2.32 bits per heavy atom. The van der Waals surface area contributed by atoms with Crippen LogP contribution >= 0.6 is 0 Å². The van der Waals surface area contributed by atoms with Gasteiger partial charge in [0, 0.05) is 11.5 Å². The van der Waals surface area contributed by atoms with E-state index in [1.54, 1.807) is 6.92 Å². The number of nitrogens with zero attached hydrogens (tertiary/aromatic N) is 1. The molecule has 1 aliphatic heterocycles. The zero-order chi connectivity index (χ0) is 14.0. The predicted molar refractivity (Wildman–Crippen MR) is 64.3 cm³/mol. The highest BCUT2D eigenvalue weighted by atomic mass is 32.2. The van der Waals surface area contributed by atoms with Crippen molar-refractivity contribution < 1.29 is 22.1 Å². The summed E-state index contributed by atoms with van der Waals surface area (Å²) in [5.74, 6) is -0.942. The largest absolute Gasteiger partial charge is 0.457 e. The van der Waals surface area contributed by atoms with Crippen LogP contribution in [0.1, 0.15) is 13.3 Å². The normalized spacial score (nSPS) is 48.7. The summed E-state index contributed by atoms with van der Waals surface area (Å²) in [7, 11) is -3.79. The van der Waals surface area contributed by atoms with Crippen molar-refractivity contribution >= 4 is 16.1 Å². The molecule has 2 aliphatic carbocycles. The van der Waals surface area contributed by atoms with E-state index < -0.39 is 45.0 Å². The molecule has 7 heteroatoms. The van der Waals surface area contributed by atoms with Gasteiger partial charge in [-0.15, -0.1) is 0 Å². The molecular formula is C12H13NO5S. The zero-order valence-electron chi connectivity index (χ0n) is 10.3. The van der Waals surface area contributed by atoms with Gasteiger partial charge in [-0.25, -0.2) is 11.4 Å². The first-order chi connectivity index (χ1) is 8.85. The van der Waals surface area contributed by atoms with E-state index in [0.29, 0.717) is 6.42 Å². The van der Waals surface area contributed by atoms with Gasteiger partial charge in [0.15, 0.2) is 6.10 Å². The molecule has 3 rings (SSSR count). The first-order valence-corrected chi connectivity index (χ1v) is 7.44. The lowest BCUT2D eigenvalue weighted by Crippen LogP contribution is -2.48. The molecule has 2 saturated carbocycles. The number of esters is 1. The molecule has 6 unspecified atom stereocenters. The van der Waals surface area contributed by atoms with Crippen molar-refractivity contribution in [3.8, 4) is 0 Å². The van der Waals surface area contributed by atoms with Crippen molar-refractivity contribution in [2.75, 3.05) is 0 Å². The van der Waals surface area contributed by atoms with Crippen LogP contribution in [0.5, 0.6) is 0 Å². The average Bonchev–Trinajstić information content (AvgIpc) is 2.81. The maximum absolute atomic E-state index is 12.1. The summed E-state index contributed by atoms with van der Waals surface area (Å²) in [5.41, 5.74) is -0.634. The van der Waals surface area contributed by atoms with Crippen LogP contribution in [0, 0.1) is 17.9 Å². The molecule has 0 spiro atoms. The third-order valence-electron chi connectivity index (χ3n) is 4.56. The number of hydrogen-bond donors (Lipinski definition) is 0. The molecule has 6 atom stereocenters. The van der Waals surface area contributed by atoms with Gasteiger partial charge in [0.05, 0.1) is 5.92 Å². The Morgan fingerprint density at radius 3 is 2.89 bits per heavy atom. The zero-order valence-corrected chi connectivity index (χ0v) is 11.1. The Labute approximate surface area is 111 Å². The molecule has 3 fully saturated rings. The van der Waals surface area contributed by atoms with E-state index in [1.807, 2.05) is 0 Å². The minimum absolute atomic E-state index is 0.279. The van der Waals surface area contributed by atoms with Gasteiger partial charge in [0.2, 0.25) is 0 Å². The van der Waals surface area contributed by atoms with Crippen molar-refractivity contribution in [3.05, 3.63) is 24.1 Å². The standard InChI is InChI=1S/C12H13NO5S/c1-4-7(14)17-9-6-5-12(2)10(8(6)13-3)18-19(15,16)11(9)12/h4,6,8-11H,1,5H2,2H3. The second-order valence-corrected chi connectivity index (χ2v) is 7.22. The topological polar surface area (TPSA) is 74.0 Å².